The largest absolute Gasteiger partial charge is 0.354 e. The number of benzene rings is 2. The highest BCUT2D eigenvalue weighted by atomic mass is 35.5. The third-order valence-electron chi connectivity index (χ3n) is 3.77. The van der Waals surface area contributed by atoms with Gasteiger partial charge in [-0.15, -0.1) is 0 Å². The number of hydrogen-bond donors (Lipinski definition) is 2. The second kappa shape index (κ2) is 7.97. The van der Waals surface area contributed by atoms with Gasteiger partial charge in [0.1, 0.15) is 11.6 Å². The first kappa shape index (κ1) is 17.9. The van der Waals surface area contributed by atoms with Crippen molar-refractivity contribution in [3.05, 3.63) is 82.8 Å². The molecule has 0 radical (unpaired) electrons. The molecule has 3 aromatic rings. The van der Waals surface area contributed by atoms with Crippen molar-refractivity contribution in [1.29, 1.82) is 0 Å². The summed E-state index contributed by atoms with van der Waals surface area (Å²) in [5, 5.41) is 6.61. The number of nitrogens with one attached hydrogen (secondary N) is 2. The van der Waals surface area contributed by atoms with Crippen molar-refractivity contribution in [3.8, 4) is 0 Å². The molecule has 3 rings (SSSR count). The van der Waals surface area contributed by atoms with Crippen LogP contribution in [0.2, 0.25) is 5.02 Å². The van der Waals surface area contributed by atoms with Gasteiger partial charge in [0.05, 0.1) is 18.3 Å². The molecule has 0 fully saturated rings. The fourth-order valence-corrected chi connectivity index (χ4v) is 2.53. The van der Waals surface area contributed by atoms with E-state index in [1.165, 1.54) is 12.1 Å². The smallest absolute Gasteiger partial charge is 0.229 e. The molecule has 0 aliphatic rings. The van der Waals surface area contributed by atoms with Gasteiger partial charge in [-0.05, 0) is 54.4 Å². The minimum atomic E-state index is -0.325. The van der Waals surface area contributed by atoms with Crippen molar-refractivity contribution in [2.75, 3.05) is 10.6 Å². The fourth-order valence-electron chi connectivity index (χ4n) is 2.35. The lowest BCUT2D eigenvalue weighted by molar-refractivity contribution is -0.115. The molecular weight excluding hydrogens is 353 g/mol. The summed E-state index contributed by atoms with van der Waals surface area (Å²) in [4.78, 5) is 16.3. The maximum atomic E-state index is 12.9. The van der Waals surface area contributed by atoms with E-state index in [1.807, 2.05) is 31.2 Å². The van der Waals surface area contributed by atoms with Crippen LogP contribution in [0.4, 0.5) is 21.6 Å². The number of pyridine rings is 1. The maximum Gasteiger partial charge on any atom is 0.229 e. The lowest BCUT2D eigenvalue weighted by atomic mass is 10.1. The van der Waals surface area contributed by atoms with Crippen molar-refractivity contribution in [2.45, 2.75) is 13.3 Å². The first-order valence-electron chi connectivity index (χ1n) is 8.03. The molecule has 6 heteroatoms. The van der Waals surface area contributed by atoms with Gasteiger partial charge in [-0.1, -0.05) is 29.8 Å². The number of halogens is 2. The Morgan fingerprint density at radius 3 is 2.46 bits per heavy atom. The molecule has 2 N–H and O–H groups in total. The Hall–Kier alpha value is -2.92. The van der Waals surface area contributed by atoms with Gasteiger partial charge in [0, 0.05) is 10.7 Å². The summed E-state index contributed by atoms with van der Waals surface area (Å²) in [5.41, 5.74) is 3.38. The number of hydrogen-bond acceptors (Lipinski definition) is 3. The van der Waals surface area contributed by atoms with Gasteiger partial charge in [-0.25, -0.2) is 9.37 Å². The van der Waals surface area contributed by atoms with E-state index in [9.17, 15) is 9.18 Å². The van der Waals surface area contributed by atoms with Gasteiger partial charge in [-0.3, -0.25) is 4.79 Å². The lowest BCUT2D eigenvalue weighted by Crippen LogP contribution is -2.15. The van der Waals surface area contributed by atoms with Gasteiger partial charge in [0.2, 0.25) is 5.91 Å². The molecule has 0 saturated carbocycles. The number of amides is 1. The van der Waals surface area contributed by atoms with E-state index in [-0.39, 0.29) is 18.1 Å². The standard InChI is InChI=1S/C20H17ClFN3O/c1-13-2-7-16(11-18(13)21)24-17-8-9-19(23-12-17)25-20(26)10-14-3-5-15(22)6-4-14/h2-9,11-12,24H,10H2,1H3,(H,23,25,26). The number of carbonyl (C=O) groups is 1. The zero-order chi connectivity index (χ0) is 18.5. The van der Waals surface area contributed by atoms with E-state index in [1.54, 1.807) is 24.4 Å². The van der Waals surface area contributed by atoms with Crippen molar-refractivity contribution in [2.24, 2.45) is 0 Å². The maximum absolute atomic E-state index is 12.9. The van der Waals surface area contributed by atoms with E-state index in [0.29, 0.717) is 10.8 Å². The van der Waals surface area contributed by atoms with Crippen molar-refractivity contribution < 1.29 is 9.18 Å². The molecule has 0 atom stereocenters. The highest BCUT2D eigenvalue weighted by molar-refractivity contribution is 6.31. The molecule has 1 aromatic heterocycles. The summed E-state index contributed by atoms with van der Waals surface area (Å²) in [6.07, 6.45) is 1.78. The summed E-state index contributed by atoms with van der Waals surface area (Å²) in [6, 6.07) is 15.1. The minimum Gasteiger partial charge on any atom is -0.354 e. The third-order valence-corrected chi connectivity index (χ3v) is 4.18. The molecule has 2 aromatic carbocycles. The van der Waals surface area contributed by atoms with Crippen LogP contribution >= 0.6 is 11.6 Å². The molecule has 26 heavy (non-hydrogen) atoms. The monoisotopic (exact) mass is 369 g/mol. The van der Waals surface area contributed by atoms with Crippen molar-refractivity contribution in [1.82, 2.24) is 4.98 Å². The van der Waals surface area contributed by atoms with Gasteiger partial charge < -0.3 is 10.6 Å². The van der Waals surface area contributed by atoms with Gasteiger partial charge in [0.25, 0.3) is 0 Å². The predicted molar refractivity (Wildman–Crippen MR) is 102 cm³/mol. The van der Waals surface area contributed by atoms with Gasteiger partial charge >= 0.3 is 0 Å². The highest BCUT2D eigenvalue weighted by Crippen LogP contribution is 2.23. The van der Waals surface area contributed by atoms with Crippen LogP contribution in [0.3, 0.4) is 0 Å². The Morgan fingerprint density at radius 2 is 1.81 bits per heavy atom. The van der Waals surface area contributed by atoms with Crippen LogP contribution in [-0.4, -0.2) is 10.9 Å². The summed E-state index contributed by atoms with van der Waals surface area (Å²) >= 11 is 6.11. The van der Waals surface area contributed by atoms with Crippen molar-refractivity contribution >= 4 is 34.7 Å². The zero-order valence-corrected chi connectivity index (χ0v) is 14.8. The Kier molecular flexibility index (Phi) is 5.49. The van der Waals surface area contributed by atoms with E-state index < -0.39 is 0 Å². The van der Waals surface area contributed by atoms with Gasteiger partial charge in [-0.2, -0.15) is 0 Å². The van der Waals surface area contributed by atoms with E-state index in [2.05, 4.69) is 15.6 Å². The highest BCUT2D eigenvalue weighted by Gasteiger charge is 2.06. The van der Waals surface area contributed by atoms with Crippen LogP contribution in [0, 0.1) is 12.7 Å². The van der Waals surface area contributed by atoms with Crippen LogP contribution in [0.15, 0.2) is 60.8 Å². The normalized spacial score (nSPS) is 10.4. The van der Waals surface area contributed by atoms with Crippen LogP contribution < -0.4 is 10.6 Å². The number of aromatic nitrogens is 1. The molecular formula is C20H17ClFN3O. The molecule has 132 valence electrons. The molecule has 0 bridgehead atoms. The summed E-state index contributed by atoms with van der Waals surface area (Å²) in [6.45, 7) is 1.94. The van der Waals surface area contributed by atoms with E-state index >= 15 is 0 Å². The molecule has 0 aliphatic heterocycles. The average Bonchev–Trinajstić information content (AvgIpc) is 2.62. The third kappa shape index (κ3) is 4.80. The second-order valence-electron chi connectivity index (χ2n) is 5.87. The Labute approximate surface area is 156 Å². The topological polar surface area (TPSA) is 54.0 Å². The number of rotatable bonds is 5. The summed E-state index contributed by atoms with van der Waals surface area (Å²) in [7, 11) is 0. The molecule has 0 aliphatic carbocycles. The average molecular weight is 370 g/mol. The first-order chi connectivity index (χ1) is 12.5. The summed E-state index contributed by atoms with van der Waals surface area (Å²) in [5.74, 6) is -0.0893. The van der Waals surface area contributed by atoms with Crippen molar-refractivity contribution in [3.63, 3.8) is 0 Å². The quantitative estimate of drug-likeness (QED) is 0.657. The summed E-state index contributed by atoms with van der Waals surface area (Å²) < 4.78 is 12.9. The number of nitrogens with zero attached hydrogens (tertiary/aromatic N) is 1. The number of anilines is 3. The molecule has 1 heterocycles. The predicted octanol–water partition coefficient (Wildman–Crippen LogP) is 5.11. The molecule has 4 nitrogen and oxygen atoms in total. The first-order valence-corrected chi connectivity index (χ1v) is 8.41. The Morgan fingerprint density at radius 1 is 1.08 bits per heavy atom. The Bertz CT molecular complexity index is 911. The number of carbonyl (C=O) groups excluding carboxylic acids is 1. The zero-order valence-electron chi connectivity index (χ0n) is 14.1. The van der Waals surface area contributed by atoms with Crippen LogP contribution in [0.5, 0.6) is 0 Å². The SMILES string of the molecule is Cc1ccc(Nc2ccc(NC(=O)Cc3ccc(F)cc3)nc2)cc1Cl. The molecule has 1 amide bonds. The second-order valence-corrected chi connectivity index (χ2v) is 6.28. The van der Waals surface area contributed by atoms with Gasteiger partial charge in [0.15, 0.2) is 0 Å². The van der Waals surface area contributed by atoms with Crippen LogP contribution in [0.25, 0.3) is 0 Å². The van der Waals surface area contributed by atoms with Crippen LogP contribution in [0.1, 0.15) is 11.1 Å². The molecule has 0 spiro atoms. The minimum absolute atomic E-state index is 0.157. The fraction of sp³-hybridized carbons (Fsp3) is 0.100. The Balaban J connectivity index is 1.59. The molecule has 0 unspecified atom stereocenters. The van der Waals surface area contributed by atoms with Crippen LogP contribution in [-0.2, 0) is 11.2 Å². The number of aryl methyl sites for hydroxylation is 1. The molecule has 0 saturated heterocycles. The van der Waals surface area contributed by atoms with E-state index in [0.717, 1.165) is 22.5 Å². The van der Waals surface area contributed by atoms with E-state index in [4.69, 9.17) is 11.6 Å². The lowest BCUT2D eigenvalue weighted by Gasteiger charge is -2.09.